The molecule has 1 saturated carbocycles. The van der Waals surface area contributed by atoms with E-state index in [1.54, 1.807) is 14.4 Å². The second-order valence-electron chi connectivity index (χ2n) is 10.4. The molecule has 7 rings (SSSR count). The Morgan fingerprint density at radius 2 is 1.13 bits per heavy atom. The molecule has 0 heterocycles. The van der Waals surface area contributed by atoms with Crippen LogP contribution in [0.15, 0.2) is 119 Å². The van der Waals surface area contributed by atoms with Gasteiger partial charge in [0.2, 0.25) is 0 Å². The van der Waals surface area contributed by atoms with Gasteiger partial charge in [-0.25, -0.2) is 0 Å². The van der Waals surface area contributed by atoms with Crippen molar-refractivity contribution in [2.75, 3.05) is 0 Å². The minimum Gasteiger partial charge on any atom is -1.00 e. The van der Waals surface area contributed by atoms with Crippen LogP contribution in [0, 0.1) is 0 Å². The first kappa shape index (κ1) is 27.3. The van der Waals surface area contributed by atoms with Crippen LogP contribution in [-0.2, 0) is 34.1 Å². The van der Waals surface area contributed by atoms with Crippen LogP contribution in [0.2, 0.25) is 0 Å². The molecule has 0 amide bonds. The number of hydrogen-bond donors (Lipinski definition) is 0. The average molecular weight is 613 g/mol. The van der Waals surface area contributed by atoms with Crippen LogP contribution in [0.25, 0.3) is 11.1 Å². The van der Waals surface area contributed by atoms with Gasteiger partial charge in [0, 0.05) is 0 Å². The van der Waals surface area contributed by atoms with Crippen molar-refractivity contribution >= 4 is 3.21 Å². The molecular formula is C35H30Cl2Zr. The van der Waals surface area contributed by atoms with Gasteiger partial charge in [-0.15, -0.1) is 0 Å². The van der Waals surface area contributed by atoms with E-state index >= 15 is 0 Å². The van der Waals surface area contributed by atoms with Crippen molar-refractivity contribution in [2.45, 2.75) is 35.7 Å². The largest absolute Gasteiger partial charge is 1.00 e. The number of allylic oxidation sites excluding steroid dienone is 4. The van der Waals surface area contributed by atoms with Crippen molar-refractivity contribution in [1.29, 1.82) is 0 Å². The fourth-order valence-corrected chi connectivity index (χ4v) is 15.1. The molecule has 3 aliphatic rings. The number of hydrogen-bond acceptors (Lipinski definition) is 0. The zero-order chi connectivity index (χ0) is 23.9. The molecule has 0 nitrogen and oxygen atoms in total. The van der Waals surface area contributed by atoms with Gasteiger partial charge in [-0.3, -0.25) is 0 Å². The Labute approximate surface area is 246 Å². The van der Waals surface area contributed by atoms with Gasteiger partial charge in [0.25, 0.3) is 0 Å². The molecular weight excluding hydrogens is 583 g/mol. The van der Waals surface area contributed by atoms with E-state index in [-0.39, 0.29) is 24.8 Å². The minimum absolute atomic E-state index is 0. The first-order valence-corrected chi connectivity index (χ1v) is 17.1. The average Bonchev–Trinajstić information content (AvgIpc) is 3.51. The van der Waals surface area contributed by atoms with Crippen LogP contribution in [-0.4, -0.2) is 3.21 Å². The van der Waals surface area contributed by atoms with E-state index in [1.165, 1.54) is 52.6 Å². The third-order valence-corrected chi connectivity index (χ3v) is 16.6. The van der Waals surface area contributed by atoms with Gasteiger partial charge in [-0.05, 0) is 0 Å². The van der Waals surface area contributed by atoms with Crippen molar-refractivity contribution in [1.82, 2.24) is 0 Å². The maximum Gasteiger partial charge on any atom is -1.00 e. The van der Waals surface area contributed by atoms with Gasteiger partial charge in [-0.1, -0.05) is 0 Å². The first-order valence-electron chi connectivity index (χ1n) is 13.3. The van der Waals surface area contributed by atoms with Crippen LogP contribution in [0.4, 0.5) is 0 Å². The van der Waals surface area contributed by atoms with E-state index in [4.69, 9.17) is 0 Å². The summed E-state index contributed by atoms with van der Waals surface area (Å²) in [6.07, 6.45) is 13.1. The number of halogens is 2. The SMILES string of the molecule is C1=CC[C]([Zr+2](=[C]2CC2)[CH]2c3ccc(Cc4ccccc4)cc3-c3cc(Cc4ccccc4)ccc32)=C1.[Cl-].[Cl-]. The van der Waals surface area contributed by atoms with E-state index in [0.29, 0.717) is 3.63 Å². The summed E-state index contributed by atoms with van der Waals surface area (Å²) in [5.41, 5.74) is 11.8. The Morgan fingerprint density at radius 3 is 1.58 bits per heavy atom. The maximum absolute atomic E-state index is 2.52. The zero-order valence-electron chi connectivity index (χ0n) is 21.3. The summed E-state index contributed by atoms with van der Waals surface area (Å²) in [6, 6.07) is 36.7. The quantitative estimate of drug-likeness (QED) is 0.314. The minimum atomic E-state index is -1.96. The van der Waals surface area contributed by atoms with E-state index in [9.17, 15) is 0 Å². The summed E-state index contributed by atoms with van der Waals surface area (Å²) in [4.78, 5) is 0. The molecule has 0 saturated heterocycles. The molecule has 0 N–H and O–H groups in total. The van der Waals surface area contributed by atoms with Gasteiger partial charge in [0.15, 0.2) is 0 Å². The van der Waals surface area contributed by atoms with Gasteiger partial charge in [0.1, 0.15) is 0 Å². The predicted octanol–water partition coefficient (Wildman–Crippen LogP) is 2.37. The molecule has 0 radical (unpaired) electrons. The molecule has 0 aliphatic heterocycles. The molecule has 0 bridgehead atoms. The van der Waals surface area contributed by atoms with Crippen LogP contribution >= 0.6 is 0 Å². The number of rotatable bonds is 6. The van der Waals surface area contributed by atoms with Gasteiger partial charge < -0.3 is 24.8 Å². The molecule has 0 atom stereocenters. The summed E-state index contributed by atoms with van der Waals surface area (Å²) < 4.78 is 4.38. The maximum atomic E-state index is 2.52. The normalized spacial score (nSPS) is 14.5. The Hall–Kier alpha value is -2.31. The zero-order valence-corrected chi connectivity index (χ0v) is 25.3. The van der Waals surface area contributed by atoms with E-state index < -0.39 is 21.3 Å². The van der Waals surface area contributed by atoms with Crippen molar-refractivity contribution in [3.8, 4) is 11.1 Å². The summed E-state index contributed by atoms with van der Waals surface area (Å²) in [7, 11) is 0. The molecule has 0 unspecified atom stereocenters. The predicted molar refractivity (Wildman–Crippen MR) is 148 cm³/mol. The Morgan fingerprint density at radius 1 is 0.605 bits per heavy atom. The smallest absolute Gasteiger partial charge is 1.00 e. The summed E-state index contributed by atoms with van der Waals surface area (Å²) >= 11 is -1.96. The summed E-state index contributed by atoms with van der Waals surface area (Å²) in [6.45, 7) is 0. The van der Waals surface area contributed by atoms with Crippen LogP contribution in [0.5, 0.6) is 0 Å². The van der Waals surface area contributed by atoms with Crippen molar-refractivity contribution in [3.05, 3.63) is 152 Å². The molecule has 3 aliphatic carbocycles. The second kappa shape index (κ2) is 11.8. The van der Waals surface area contributed by atoms with Crippen LogP contribution in [0.3, 0.4) is 0 Å². The number of fused-ring (bicyclic) bond motifs is 3. The van der Waals surface area contributed by atoms with Crippen LogP contribution in [0.1, 0.15) is 56.3 Å². The van der Waals surface area contributed by atoms with Gasteiger partial charge >= 0.3 is 223 Å². The number of benzene rings is 4. The molecule has 4 aromatic rings. The molecule has 38 heavy (non-hydrogen) atoms. The molecule has 4 aromatic carbocycles. The Bertz CT molecular complexity index is 1450. The van der Waals surface area contributed by atoms with Crippen molar-refractivity contribution in [2.24, 2.45) is 0 Å². The fraction of sp³-hybridized carbons (Fsp3) is 0.171. The molecule has 1 fully saturated rings. The van der Waals surface area contributed by atoms with Crippen LogP contribution < -0.4 is 24.8 Å². The third kappa shape index (κ3) is 5.40. The topological polar surface area (TPSA) is 0 Å². The van der Waals surface area contributed by atoms with Crippen molar-refractivity contribution < 1.29 is 46.1 Å². The second-order valence-corrected chi connectivity index (χ2v) is 17.2. The Balaban J connectivity index is 0.00000147. The monoisotopic (exact) mass is 610 g/mol. The molecule has 0 spiro atoms. The standard InChI is InChI=1S/C27H21.C5H5.C3H4.2ClH.Zr/c1-3-7-20(8-4-1)15-22-11-13-24-19-25-14-12-23(18-27(25)26(24)17-22)16-21-9-5-2-6-10-21;1-2-4-5-3-1;1-2-3-1;;;/h1-14,17-19H,15-16H2;1-3H,4H2;1-2H2;2*1H;/q;;;;;+2/p-2. The first-order chi connectivity index (χ1) is 17.8. The van der Waals surface area contributed by atoms with Crippen molar-refractivity contribution in [3.63, 3.8) is 0 Å². The Kier molecular flexibility index (Phi) is 8.49. The fourth-order valence-electron chi connectivity index (χ4n) is 6.13. The summed E-state index contributed by atoms with van der Waals surface area (Å²) in [5.74, 6) is 0. The third-order valence-electron chi connectivity index (χ3n) is 7.94. The van der Waals surface area contributed by atoms with E-state index in [0.717, 1.165) is 12.8 Å². The summed E-state index contributed by atoms with van der Waals surface area (Å²) in [5, 5.41) is 0. The van der Waals surface area contributed by atoms with E-state index in [2.05, 4.69) is 115 Å². The molecule has 188 valence electrons. The van der Waals surface area contributed by atoms with E-state index in [1.807, 2.05) is 3.21 Å². The molecule has 0 aromatic heterocycles. The molecule has 3 heteroatoms. The van der Waals surface area contributed by atoms with Gasteiger partial charge in [-0.2, -0.15) is 0 Å². The van der Waals surface area contributed by atoms with Gasteiger partial charge in [0.05, 0.1) is 0 Å².